The molecule has 1 saturated carbocycles. The second-order valence-corrected chi connectivity index (χ2v) is 6.34. The molecule has 1 aliphatic carbocycles. The number of aliphatic hydroxyl groups is 1. The summed E-state index contributed by atoms with van der Waals surface area (Å²) in [4.78, 5) is 5.74. The van der Waals surface area contributed by atoms with Gasteiger partial charge in [-0.05, 0) is 38.6 Å². The van der Waals surface area contributed by atoms with Gasteiger partial charge >= 0.3 is 6.18 Å². The lowest BCUT2D eigenvalue weighted by atomic mass is 9.86. The highest BCUT2D eigenvalue weighted by Gasteiger charge is 2.34. The predicted molar refractivity (Wildman–Crippen MR) is 71.4 cm³/mol. The van der Waals surface area contributed by atoms with Gasteiger partial charge in [0, 0.05) is 18.0 Å². The van der Waals surface area contributed by atoms with Gasteiger partial charge in [-0.15, -0.1) is 11.3 Å². The molecule has 0 radical (unpaired) electrons. The normalized spacial score (nSPS) is 24.3. The molecule has 1 aliphatic rings. The van der Waals surface area contributed by atoms with Crippen LogP contribution in [0, 0.1) is 5.92 Å². The van der Waals surface area contributed by atoms with Crippen LogP contribution < -0.4 is 0 Å². The third-order valence-electron chi connectivity index (χ3n) is 3.92. The van der Waals surface area contributed by atoms with Gasteiger partial charge in [0.05, 0.1) is 6.54 Å². The lowest BCUT2D eigenvalue weighted by Crippen LogP contribution is -2.35. The number of aromatic nitrogens is 1. The zero-order chi connectivity index (χ0) is 14.8. The minimum Gasteiger partial charge on any atom is -0.396 e. The Morgan fingerprint density at radius 3 is 2.50 bits per heavy atom. The average molecular weight is 308 g/mol. The van der Waals surface area contributed by atoms with Crippen molar-refractivity contribution < 1.29 is 18.3 Å². The molecule has 0 aliphatic heterocycles. The Morgan fingerprint density at radius 1 is 1.35 bits per heavy atom. The molecular formula is C13H19F3N2OS. The fourth-order valence-corrected chi connectivity index (χ4v) is 3.49. The Labute approximate surface area is 120 Å². The zero-order valence-corrected chi connectivity index (χ0v) is 12.2. The maximum Gasteiger partial charge on any atom is 0.434 e. The van der Waals surface area contributed by atoms with Gasteiger partial charge in [-0.3, -0.25) is 4.90 Å². The smallest absolute Gasteiger partial charge is 0.396 e. The SMILES string of the molecule is CN(Cc1nc(C(F)(F)F)cs1)C1CCC(CO)CC1. The molecule has 1 aromatic rings. The maximum absolute atomic E-state index is 12.5. The third-order valence-corrected chi connectivity index (χ3v) is 4.76. The van der Waals surface area contributed by atoms with Gasteiger partial charge in [-0.1, -0.05) is 0 Å². The Hall–Kier alpha value is -0.660. The van der Waals surface area contributed by atoms with Crippen molar-refractivity contribution in [2.45, 2.75) is 44.4 Å². The van der Waals surface area contributed by atoms with Crippen LogP contribution >= 0.6 is 11.3 Å². The molecule has 0 unspecified atom stereocenters. The largest absolute Gasteiger partial charge is 0.434 e. The number of rotatable bonds is 4. The fraction of sp³-hybridized carbons (Fsp3) is 0.769. The lowest BCUT2D eigenvalue weighted by Gasteiger charge is -2.33. The van der Waals surface area contributed by atoms with Crippen molar-refractivity contribution >= 4 is 11.3 Å². The predicted octanol–water partition coefficient (Wildman–Crippen LogP) is 3.14. The van der Waals surface area contributed by atoms with Crippen LogP contribution in [0.1, 0.15) is 36.4 Å². The summed E-state index contributed by atoms with van der Waals surface area (Å²) in [5.74, 6) is 0.386. The first-order valence-electron chi connectivity index (χ1n) is 6.73. The molecule has 3 nitrogen and oxygen atoms in total. The van der Waals surface area contributed by atoms with Gasteiger partial charge in [0.25, 0.3) is 0 Å². The summed E-state index contributed by atoms with van der Waals surface area (Å²) in [6.45, 7) is 0.688. The van der Waals surface area contributed by atoms with Crippen LogP contribution in [0.15, 0.2) is 5.38 Å². The average Bonchev–Trinajstić information content (AvgIpc) is 2.87. The van der Waals surface area contributed by atoms with Crippen LogP contribution in [0.2, 0.25) is 0 Å². The molecule has 0 amide bonds. The van der Waals surface area contributed by atoms with Crippen LogP contribution in [0.3, 0.4) is 0 Å². The summed E-state index contributed by atoms with van der Waals surface area (Å²) < 4.78 is 37.4. The molecule has 20 heavy (non-hydrogen) atoms. The van der Waals surface area contributed by atoms with Crippen molar-refractivity contribution in [3.63, 3.8) is 0 Å². The number of hydrogen-bond acceptors (Lipinski definition) is 4. The number of hydrogen-bond donors (Lipinski definition) is 1. The van der Waals surface area contributed by atoms with Crippen LogP contribution in [0.4, 0.5) is 13.2 Å². The van der Waals surface area contributed by atoms with E-state index < -0.39 is 11.9 Å². The van der Waals surface area contributed by atoms with Gasteiger partial charge in [0.2, 0.25) is 0 Å². The van der Waals surface area contributed by atoms with Gasteiger partial charge in [-0.25, -0.2) is 4.98 Å². The molecule has 0 atom stereocenters. The van der Waals surface area contributed by atoms with E-state index >= 15 is 0 Å². The van der Waals surface area contributed by atoms with Gasteiger partial charge in [0.1, 0.15) is 5.01 Å². The van der Waals surface area contributed by atoms with Crippen molar-refractivity contribution in [1.29, 1.82) is 0 Å². The third kappa shape index (κ3) is 3.93. The number of alkyl halides is 3. The topological polar surface area (TPSA) is 36.4 Å². The van der Waals surface area contributed by atoms with Crippen LogP contribution in [0.25, 0.3) is 0 Å². The maximum atomic E-state index is 12.5. The summed E-state index contributed by atoms with van der Waals surface area (Å²) in [5.41, 5.74) is -0.796. The second-order valence-electron chi connectivity index (χ2n) is 5.40. The van der Waals surface area contributed by atoms with E-state index in [1.165, 1.54) is 0 Å². The van der Waals surface area contributed by atoms with E-state index in [1.807, 2.05) is 7.05 Å². The quantitative estimate of drug-likeness (QED) is 0.928. The molecule has 0 bridgehead atoms. The van der Waals surface area contributed by atoms with Crippen LogP contribution in [0.5, 0.6) is 0 Å². The van der Waals surface area contributed by atoms with E-state index in [2.05, 4.69) is 9.88 Å². The summed E-state index contributed by atoms with van der Waals surface area (Å²) in [6.07, 6.45) is -0.417. The minimum atomic E-state index is -4.35. The summed E-state index contributed by atoms with van der Waals surface area (Å²) in [5, 5.41) is 10.7. The highest BCUT2D eigenvalue weighted by molar-refractivity contribution is 7.09. The van der Waals surface area contributed by atoms with Crippen molar-refractivity contribution in [3.05, 3.63) is 16.1 Å². The molecule has 2 rings (SSSR count). The molecule has 0 spiro atoms. The van der Waals surface area contributed by atoms with Gasteiger partial charge in [-0.2, -0.15) is 13.2 Å². The molecule has 114 valence electrons. The number of nitrogens with zero attached hydrogens (tertiary/aromatic N) is 2. The number of aliphatic hydroxyl groups excluding tert-OH is 1. The van der Waals surface area contributed by atoms with Crippen molar-refractivity contribution in [1.82, 2.24) is 9.88 Å². The number of thiazole rings is 1. The highest BCUT2D eigenvalue weighted by Crippen LogP contribution is 2.31. The Morgan fingerprint density at radius 2 is 2.00 bits per heavy atom. The molecule has 7 heteroatoms. The Kier molecular flexibility index (Phi) is 5.04. The van der Waals surface area contributed by atoms with E-state index in [-0.39, 0.29) is 6.61 Å². The van der Waals surface area contributed by atoms with Crippen molar-refractivity contribution in [3.8, 4) is 0 Å². The second kappa shape index (κ2) is 6.41. The molecule has 1 fully saturated rings. The van der Waals surface area contributed by atoms with Crippen LogP contribution in [-0.4, -0.2) is 34.7 Å². The van der Waals surface area contributed by atoms with E-state index in [9.17, 15) is 13.2 Å². The summed E-state index contributed by atoms with van der Waals surface area (Å²) >= 11 is 1.06. The fourth-order valence-electron chi connectivity index (χ4n) is 2.62. The van der Waals surface area contributed by atoms with Gasteiger partial charge < -0.3 is 5.11 Å². The minimum absolute atomic E-state index is 0.234. The first-order chi connectivity index (χ1) is 9.40. The number of halogens is 3. The van der Waals surface area contributed by atoms with E-state index in [4.69, 9.17) is 5.11 Å². The molecule has 1 N–H and O–H groups in total. The highest BCUT2D eigenvalue weighted by atomic mass is 32.1. The van der Waals surface area contributed by atoms with Crippen molar-refractivity contribution in [2.24, 2.45) is 5.92 Å². The van der Waals surface area contributed by atoms with E-state index in [0.717, 1.165) is 42.4 Å². The first kappa shape index (κ1) is 15.7. The lowest BCUT2D eigenvalue weighted by molar-refractivity contribution is -0.140. The van der Waals surface area contributed by atoms with Crippen molar-refractivity contribution in [2.75, 3.05) is 13.7 Å². The molecule has 1 aromatic heterocycles. The molecule has 0 aromatic carbocycles. The molecule has 0 saturated heterocycles. The zero-order valence-electron chi connectivity index (χ0n) is 11.4. The van der Waals surface area contributed by atoms with Gasteiger partial charge in [0.15, 0.2) is 5.69 Å². The summed E-state index contributed by atoms with van der Waals surface area (Å²) in [6, 6.07) is 0.371. The van der Waals surface area contributed by atoms with Crippen LogP contribution in [-0.2, 0) is 12.7 Å². The van der Waals surface area contributed by atoms with E-state index in [1.54, 1.807) is 0 Å². The monoisotopic (exact) mass is 308 g/mol. The first-order valence-corrected chi connectivity index (χ1v) is 7.60. The van der Waals surface area contributed by atoms with E-state index in [0.29, 0.717) is 23.5 Å². The Bertz CT molecular complexity index is 427. The summed E-state index contributed by atoms with van der Waals surface area (Å²) in [7, 11) is 1.93. The molecular weight excluding hydrogens is 289 g/mol. The molecule has 1 heterocycles. The Balaban J connectivity index is 1.88. The standard InChI is InChI=1S/C13H19F3N2OS/c1-18(10-4-2-9(7-19)3-5-10)6-12-17-11(8-20-12)13(14,15)16/h8-10,19H,2-7H2,1H3.